The van der Waals surface area contributed by atoms with Gasteiger partial charge in [0, 0.05) is 25.6 Å². The van der Waals surface area contributed by atoms with Gasteiger partial charge < -0.3 is 14.6 Å². The molecule has 2 heterocycles. The molecule has 1 aliphatic rings. The highest BCUT2D eigenvalue weighted by atomic mass is 19.4. The van der Waals surface area contributed by atoms with E-state index in [1.165, 1.54) is 18.4 Å². The van der Waals surface area contributed by atoms with Crippen LogP contribution in [0.1, 0.15) is 6.42 Å². The predicted octanol–water partition coefficient (Wildman–Crippen LogP) is 1.54. The second-order valence-electron chi connectivity index (χ2n) is 3.76. The van der Waals surface area contributed by atoms with Crippen molar-refractivity contribution in [1.82, 2.24) is 5.32 Å². The molecule has 94 valence electrons. The first kappa shape index (κ1) is 11.8. The molecule has 0 aliphatic carbocycles. The third kappa shape index (κ3) is 2.54. The normalized spacial score (nSPS) is 22.2. The number of furan rings is 1. The number of amides is 1. The number of rotatable bonds is 1. The zero-order valence-electron chi connectivity index (χ0n) is 8.83. The lowest BCUT2D eigenvalue weighted by Gasteiger charge is -2.30. The Morgan fingerprint density at radius 3 is 2.82 bits per heavy atom. The molecule has 1 aromatic rings. The predicted molar refractivity (Wildman–Crippen MR) is 53.5 cm³/mol. The van der Waals surface area contributed by atoms with Crippen molar-refractivity contribution in [3.05, 3.63) is 18.4 Å². The Labute approximate surface area is 95.4 Å². The fraction of sp³-hybridized carbons (Fsp3) is 0.500. The van der Waals surface area contributed by atoms with Crippen molar-refractivity contribution in [2.75, 3.05) is 18.0 Å². The van der Waals surface area contributed by atoms with Gasteiger partial charge in [0.05, 0.1) is 6.26 Å². The molecule has 0 spiro atoms. The zero-order valence-corrected chi connectivity index (χ0v) is 8.83. The van der Waals surface area contributed by atoms with Gasteiger partial charge in [-0.25, -0.2) is 0 Å². The Bertz CT molecular complexity index is 389. The van der Waals surface area contributed by atoms with Crippen LogP contribution in [-0.4, -0.2) is 31.2 Å². The molecule has 1 N–H and O–H groups in total. The molecule has 1 aliphatic heterocycles. The van der Waals surface area contributed by atoms with Crippen molar-refractivity contribution in [1.29, 1.82) is 0 Å². The number of carbonyl (C=O) groups is 1. The van der Waals surface area contributed by atoms with Crippen molar-refractivity contribution >= 4 is 11.8 Å². The molecule has 1 fully saturated rings. The summed E-state index contributed by atoms with van der Waals surface area (Å²) in [4.78, 5) is 12.2. The fourth-order valence-electron chi connectivity index (χ4n) is 1.78. The Hall–Kier alpha value is -1.66. The molecule has 1 aromatic heterocycles. The Morgan fingerprint density at radius 1 is 1.47 bits per heavy atom. The lowest BCUT2D eigenvalue weighted by atomic mass is 10.2. The highest BCUT2D eigenvalue weighted by Gasteiger charge is 2.45. The summed E-state index contributed by atoms with van der Waals surface area (Å²) in [5.74, 6) is -0.253. The van der Waals surface area contributed by atoms with E-state index in [1.54, 1.807) is 0 Å². The molecule has 17 heavy (non-hydrogen) atoms. The molecule has 1 saturated heterocycles. The van der Waals surface area contributed by atoms with Gasteiger partial charge in [-0.1, -0.05) is 0 Å². The van der Waals surface area contributed by atoms with Crippen LogP contribution < -0.4 is 10.2 Å². The molecule has 0 aromatic carbocycles. The van der Waals surface area contributed by atoms with Gasteiger partial charge >= 0.3 is 6.18 Å². The lowest BCUT2D eigenvalue weighted by molar-refractivity contribution is -0.147. The molecule has 2 rings (SSSR count). The van der Waals surface area contributed by atoms with Crippen LogP contribution in [-0.2, 0) is 4.79 Å². The molecule has 0 bridgehead atoms. The summed E-state index contributed by atoms with van der Waals surface area (Å²) in [6, 6.07) is 1.22. The first-order valence-corrected chi connectivity index (χ1v) is 5.12. The lowest BCUT2D eigenvalue weighted by Crippen LogP contribution is -2.50. The summed E-state index contributed by atoms with van der Waals surface area (Å²) >= 11 is 0. The maximum atomic E-state index is 12.9. The van der Waals surface area contributed by atoms with Crippen LogP contribution in [0.4, 0.5) is 19.1 Å². The first-order chi connectivity index (χ1) is 7.98. The molecule has 4 nitrogen and oxygen atoms in total. The van der Waals surface area contributed by atoms with E-state index in [9.17, 15) is 18.0 Å². The second-order valence-corrected chi connectivity index (χ2v) is 3.76. The number of alkyl halides is 3. The Morgan fingerprint density at radius 2 is 2.24 bits per heavy atom. The van der Waals surface area contributed by atoms with Crippen LogP contribution in [0, 0.1) is 0 Å². The van der Waals surface area contributed by atoms with Gasteiger partial charge in [0.1, 0.15) is 6.04 Å². The molecular weight excluding hydrogens is 237 g/mol. The quantitative estimate of drug-likeness (QED) is 0.819. The summed E-state index contributed by atoms with van der Waals surface area (Å²) < 4.78 is 43.5. The van der Waals surface area contributed by atoms with E-state index < -0.39 is 18.8 Å². The standard InChI is InChI=1S/C10H11F3N2O2/c11-10(12,13)7-6-14-8(16)3-4-15(7)9-2-1-5-17-9/h1-2,5,7H,3-4,6H2,(H,14,16). The van der Waals surface area contributed by atoms with Crippen molar-refractivity contribution in [2.24, 2.45) is 0 Å². The number of nitrogens with zero attached hydrogens (tertiary/aromatic N) is 1. The second kappa shape index (κ2) is 4.31. The Kier molecular flexibility index (Phi) is 2.99. The summed E-state index contributed by atoms with van der Waals surface area (Å²) in [7, 11) is 0. The van der Waals surface area contributed by atoms with Gasteiger partial charge in [-0.3, -0.25) is 4.79 Å². The average Bonchev–Trinajstić information content (AvgIpc) is 2.67. The number of halogens is 3. The van der Waals surface area contributed by atoms with E-state index in [1.807, 2.05) is 0 Å². The van der Waals surface area contributed by atoms with Crippen molar-refractivity contribution in [2.45, 2.75) is 18.6 Å². The van der Waals surface area contributed by atoms with Crippen LogP contribution in [0.2, 0.25) is 0 Å². The SMILES string of the molecule is O=C1CCN(c2ccco2)C(C(F)(F)F)CN1. The summed E-state index contributed by atoms with van der Waals surface area (Å²) in [5, 5.41) is 2.25. The molecular formula is C10H11F3N2O2. The van der Waals surface area contributed by atoms with Crippen LogP contribution in [0.3, 0.4) is 0 Å². The van der Waals surface area contributed by atoms with Crippen molar-refractivity contribution in [3.8, 4) is 0 Å². The summed E-state index contributed by atoms with van der Waals surface area (Å²) in [6.45, 7) is -0.466. The summed E-state index contributed by atoms with van der Waals surface area (Å²) in [5.41, 5.74) is 0. The van der Waals surface area contributed by atoms with Gasteiger partial charge in [0.25, 0.3) is 0 Å². The number of nitrogens with one attached hydrogen (secondary N) is 1. The Balaban J connectivity index is 2.27. The van der Waals surface area contributed by atoms with Gasteiger partial charge in [-0.15, -0.1) is 0 Å². The van der Waals surface area contributed by atoms with Crippen molar-refractivity contribution < 1.29 is 22.4 Å². The van der Waals surface area contributed by atoms with Gasteiger partial charge in [0.15, 0.2) is 5.88 Å². The molecule has 1 unspecified atom stereocenters. The van der Waals surface area contributed by atoms with Crippen LogP contribution >= 0.6 is 0 Å². The van der Waals surface area contributed by atoms with E-state index in [-0.39, 0.29) is 24.8 Å². The smallest absolute Gasteiger partial charge is 0.410 e. The summed E-state index contributed by atoms with van der Waals surface area (Å²) in [6.07, 6.45) is -3.08. The minimum absolute atomic E-state index is 0.0104. The molecule has 7 heteroatoms. The molecule has 1 amide bonds. The number of hydrogen-bond donors (Lipinski definition) is 1. The highest BCUT2D eigenvalue weighted by molar-refractivity contribution is 5.77. The van der Waals surface area contributed by atoms with E-state index in [4.69, 9.17) is 4.42 Å². The van der Waals surface area contributed by atoms with Crippen molar-refractivity contribution in [3.63, 3.8) is 0 Å². The minimum atomic E-state index is -4.41. The van der Waals surface area contributed by atoms with E-state index in [0.717, 1.165) is 4.90 Å². The van der Waals surface area contributed by atoms with E-state index >= 15 is 0 Å². The topological polar surface area (TPSA) is 45.5 Å². The van der Waals surface area contributed by atoms with E-state index in [2.05, 4.69) is 5.32 Å². The van der Waals surface area contributed by atoms with Crippen LogP contribution in [0.5, 0.6) is 0 Å². The van der Waals surface area contributed by atoms with E-state index in [0.29, 0.717) is 0 Å². The first-order valence-electron chi connectivity index (χ1n) is 5.12. The average molecular weight is 248 g/mol. The monoisotopic (exact) mass is 248 g/mol. The highest BCUT2D eigenvalue weighted by Crippen LogP contribution is 2.30. The number of carbonyl (C=O) groups excluding carboxylic acids is 1. The zero-order chi connectivity index (χ0) is 12.5. The number of hydrogen-bond acceptors (Lipinski definition) is 3. The van der Waals surface area contributed by atoms with Gasteiger partial charge in [-0.2, -0.15) is 13.2 Å². The molecule has 0 radical (unpaired) electrons. The number of anilines is 1. The van der Waals surface area contributed by atoms with Crippen LogP contribution in [0.25, 0.3) is 0 Å². The molecule has 1 atom stereocenters. The minimum Gasteiger partial charge on any atom is -0.449 e. The van der Waals surface area contributed by atoms with Gasteiger partial charge in [0.2, 0.25) is 5.91 Å². The molecule has 0 saturated carbocycles. The third-order valence-electron chi connectivity index (χ3n) is 2.62. The fourth-order valence-corrected chi connectivity index (χ4v) is 1.78. The van der Waals surface area contributed by atoms with Crippen LogP contribution in [0.15, 0.2) is 22.8 Å². The maximum Gasteiger partial charge on any atom is 0.410 e. The largest absolute Gasteiger partial charge is 0.449 e. The van der Waals surface area contributed by atoms with Gasteiger partial charge in [-0.05, 0) is 6.07 Å². The third-order valence-corrected chi connectivity index (χ3v) is 2.62. The maximum absolute atomic E-state index is 12.9.